The fourth-order valence-electron chi connectivity index (χ4n) is 1.20. The molecule has 0 fully saturated rings. The molecule has 2 heterocycles. The average molecular weight is 224 g/mol. The van der Waals surface area contributed by atoms with Crippen LogP contribution >= 0.6 is 11.3 Å². The standard InChI is InChI=1S/C9H12N4OS/c1-6-5-15-9(10-6)4-13-3-8(7(2)14)11-12-13/h3,5,7,14H,4H2,1-2H3. The van der Waals surface area contributed by atoms with Gasteiger partial charge in [0.2, 0.25) is 0 Å². The van der Waals surface area contributed by atoms with Crippen LogP contribution in [0.3, 0.4) is 0 Å². The van der Waals surface area contributed by atoms with Crippen LogP contribution in [0, 0.1) is 6.92 Å². The number of aliphatic hydroxyl groups is 1. The molecule has 80 valence electrons. The molecule has 5 nitrogen and oxygen atoms in total. The lowest BCUT2D eigenvalue weighted by Crippen LogP contribution is -1.99. The van der Waals surface area contributed by atoms with Crippen molar-refractivity contribution in [3.05, 3.63) is 28.0 Å². The summed E-state index contributed by atoms with van der Waals surface area (Å²) >= 11 is 1.60. The Kier molecular flexibility index (Phi) is 2.79. The molecule has 6 heteroatoms. The van der Waals surface area contributed by atoms with Gasteiger partial charge in [-0.25, -0.2) is 9.67 Å². The molecule has 2 aromatic heterocycles. The zero-order chi connectivity index (χ0) is 10.8. The minimum atomic E-state index is -0.572. The van der Waals surface area contributed by atoms with Crippen LogP contribution in [-0.2, 0) is 6.54 Å². The summed E-state index contributed by atoms with van der Waals surface area (Å²) in [5.41, 5.74) is 1.61. The van der Waals surface area contributed by atoms with Crippen LogP contribution in [0.5, 0.6) is 0 Å². The molecule has 0 spiro atoms. The van der Waals surface area contributed by atoms with Crippen LogP contribution in [0.2, 0.25) is 0 Å². The molecule has 0 aliphatic heterocycles. The molecular weight excluding hydrogens is 212 g/mol. The summed E-state index contributed by atoms with van der Waals surface area (Å²) < 4.78 is 1.68. The molecule has 0 bridgehead atoms. The maximum Gasteiger partial charge on any atom is 0.114 e. The fourth-order valence-corrected chi connectivity index (χ4v) is 1.96. The Bertz CT molecular complexity index is 448. The second kappa shape index (κ2) is 4.08. The lowest BCUT2D eigenvalue weighted by Gasteiger charge is -1.96. The Labute approximate surface area is 91.4 Å². The molecule has 0 saturated heterocycles. The van der Waals surface area contributed by atoms with Crippen LogP contribution in [0.1, 0.15) is 29.4 Å². The molecular formula is C9H12N4OS. The zero-order valence-corrected chi connectivity index (χ0v) is 9.40. The first-order valence-electron chi connectivity index (χ1n) is 4.64. The van der Waals surface area contributed by atoms with Crippen molar-refractivity contribution in [3.8, 4) is 0 Å². The van der Waals surface area contributed by atoms with E-state index in [-0.39, 0.29) is 0 Å². The SMILES string of the molecule is Cc1csc(Cn2cc(C(C)O)nn2)n1. The monoisotopic (exact) mass is 224 g/mol. The smallest absolute Gasteiger partial charge is 0.114 e. The van der Waals surface area contributed by atoms with Gasteiger partial charge < -0.3 is 5.11 Å². The Hall–Kier alpha value is -1.27. The molecule has 0 aromatic carbocycles. The molecule has 15 heavy (non-hydrogen) atoms. The van der Waals surface area contributed by atoms with Crippen molar-refractivity contribution in [2.75, 3.05) is 0 Å². The lowest BCUT2D eigenvalue weighted by molar-refractivity contribution is 0.194. The van der Waals surface area contributed by atoms with Gasteiger partial charge in [0, 0.05) is 11.1 Å². The van der Waals surface area contributed by atoms with E-state index in [0.29, 0.717) is 12.2 Å². The number of aliphatic hydroxyl groups excluding tert-OH is 1. The molecule has 0 aliphatic rings. The molecule has 0 aliphatic carbocycles. The summed E-state index contributed by atoms with van der Waals surface area (Å²) in [6, 6.07) is 0. The van der Waals surface area contributed by atoms with Gasteiger partial charge in [0.1, 0.15) is 10.7 Å². The van der Waals surface area contributed by atoms with E-state index in [4.69, 9.17) is 0 Å². The molecule has 0 radical (unpaired) electrons. The topological polar surface area (TPSA) is 63.8 Å². The molecule has 1 atom stereocenters. The summed E-state index contributed by atoms with van der Waals surface area (Å²) in [5.74, 6) is 0. The second-order valence-corrected chi connectivity index (χ2v) is 4.34. The van der Waals surface area contributed by atoms with Gasteiger partial charge in [-0.2, -0.15) is 0 Å². The van der Waals surface area contributed by atoms with Crippen molar-refractivity contribution >= 4 is 11.3 Å². The Morgan fingerprint density at radius 3 is 2.93 bits per heavy atom. The molecule has 2 aromatic rings. The normalized spacial score (nSPS) is 13.0. The largest absolute Gasteiger partial charge is 0.387 e. The predicted octanol–water partition coefficient (Wildman–Crippen LogP) is 1.14. The van der Waals surface area contributed by atoms with Gasteiger partial charge in [-0.05, 0) is 13.8 Å². The van der Waals surface area contributed by atoms with E-state index in [0.717, 1.165) is 10.7 Å². The molecule has 1 N–H and O–H groups in total. The first-order valence-corrected chi connectivity index (χ1v) is 5.52. The first kappa shape index (κ1) is 10.3. The number of thiazole rings is 1. The Morgan fingerprint density at radius 1 is 1.60 bits per heavy atom. The van der Waals surface area contributed by atoms with Crippen LogP contribution in [-0.4, -0.2) is 25.1 Å². The molecule has 1 unspecified atom stereocenters. The molecule has 0 amide bonds. The van der Waals surface area contributed by atoms with E-state index in [2.05, 4.69) is 15.3 Å². The number of rotatable bonds is 3. The minimum absolute atomic E-state index is 0.572. The number of aryl methyl sites for hydroxylation is 1. The highest BCUT2D eigenvalue weighted by Crippen LogP contribution is 2.11. The summed E-state index contributed by atoms with van der Waals surface area (Å²) in [4.78, 5) is 4.33. The van der Waals surface area contributed by atoms with Gasteiger partial charge in [-0.1, -0.05) is 5.21 Å². The highest BCUT2D eigenvalue weighted by atomic mass is 32.1. The quantitative estimate of drug-likeness (QED) is 0.849. The van der Waals surface area contributed by atoms with E-state index in [1.54, 1.807) is 29.1 Å². The third-order valence-electron chi connectivity index (χ3n) is 1.95. The van der Waals surface area contributed by atoms with Crippen molar-refractivity contribution in [1.82, 2.24) is 20.0 Å². The Balaban J connectivity index is 2.11. The fraction of sp³-hybridized carbons (Fsp3) is 0.444. The van der Waals surface area contributed by atoms with Crippen molar-refractivity contribution < 1.29 is 5.11 Å². The lowest BCUT2D eigenvalue weighted by atomic mass is 10.3. The van der Waals surface area contributed by atoms with Gasteiger partial charge >= 0.3 is 0 Å². The number of hydrogen-bond donors (Lipinski definition) is 1. The maximum absolute atomic E-state index is 9.28. The van der Waals surface area contributed by atoms with E-state index in [1.807, 2.05) is 12.3 Å². The van der Waals surface area contributed by atoms with Gasteiger partial charge in [-0.3, -0.25) is 0 Å². The van der Waals surface area contributed by atoms with Gasteiger partial charge in [-0.15, -0.1) is 16.4 Å². The van der Waals surface area contributed by atoms with Crippen molar-refractivity contribution in [1.29, 1.82) is 0 Å². The van der Waals surface area contributed by atoms with Gasteiger partial charge in [0.15, 0.2) is 0 Å². The van der Waals surface area contributed by atoms with Crippen LogP contribution in [0.25, 0.3) is 0 Å². The average Bonchev–Trinajstić information content (AvgIpc) is 2.76. The Morgan fingerprint density at radius 2 is 2.40 bits per heavy atom. The van der Waals surface area contributed by atoms with Crippen LogP contribution in [0.15, 0.2) is 11.6 Å². The van der Waals surface area contributed by atoms with Crippen molar-refractivity contribution in [2.45, 2.75) is 26.5 Å². The van der Waals surface area contributed by atoms with Crippen molar-refractivity contribution in [3.63, 3.8) is 0 Å². The summed E-state index contributed by atoms with van der Waals surface area (Å²) in [7, 11) is 0. The van der Waals surface area contributed by atoms with Crippen molar-refractivity contribution in [2.24, 2.45) is 0 Å². The zero-order valence-electron chi connectivity index (χ0n) is 8.58. The third-order valence-corrected chi connectivity index (χ3v) is 2.90. The highest BCUT2D eigenvalue weighted by Gasteiger charge is 2.07. The van der Waals surface area contributed by atoms with E-state index >= 15 is 0 Å². The van der Waals surface area contributed by atoms with E-state index < -0.39 is 6.10 Å². The number of aromatic nitrogens is 4. The predicted molar refractivity (Wildman–Crippen MR) is 56.6 cm³/mol. The second-order valence-electron chi connectivity index (χ2n) is 3.40. The number of hydrogen-bond acceptors (Lipinski definition) is 5. The van der Waals surface area contributed by atoms with Gasteiger partial charge in [0.25, 0.3) is 0 Å². The minimum Gasteiger partial charge on any atom is -0.387 e. The van der Waals surface area contributed by atoms with Crippen LogP contribution in [0.4, 0.5) is 0 Å². The summed E-state index contributed by atoms with van der Waals surface area (Å²) in [6.45, 7) is 4.24. The van der Waals surface area contributed by atoms with E-state index in [9.17, 15) is 5.11 Å². The first-order chi connectivity index (χ1) is 7.15. The van der Waals surface area contributed by atoms with Crippen LogP contribution < -0.4 is 0 Å². The number of nitrogens with zero attached hydrogens (tertiary/aromatic N) is 4. The highest BCUT2D eigenvalue weighted by molar-refractivity contribution is 7.09. The maximum atomic E-state index is 9.28. The van der Waals surface area contributed by atoms with Gasteiger partial charge in [0.05, 0.1) is 18.8 Å². The summed E-state index contributed by atoms with van der Waals surface area (Å²) in [6.07, 6.45) is 1.17. The molecule has 0 saturated carbocycles. The molecule has 2 rings (SSSR count). The van der Waals surface area contributed by atoms with E-state index in [1.165, 1.54) is 0 Å². The summed E-state index contributed by atoms with van der Waals surface area (Å²) in [5, 5.41) is 20.0. The third kappa shape index (κ3) is 2.40.